The third-order valence-corrected chi connectivity index (χ3v) is 1.04. The Bertz CT molecular complexity index is 187. The molecule has 10 heavy (non-hydrogen) atoms. The maximum atomic E-state index is 10.7. The molecule has 0 unspecified atom stereocenters. The van der Waals surface area contributed by atoms with E-state index in [0.717, 1.165) is 0 Å². The van der Waals surface area contributed by atoms with E-state index in [0.29, 0.717) is 0 Å². The fourth-order valence-corrected chi connectivity index (χ4v) is 0.556. The zero-order valence-corrected chi connectivity index (χ0v) is 5.44. The molecule has 0 aromatic rings. The first kappa shape index (κ1) is 6.73. The van der Waals surface area contributed by atoms with E-state index in [1.807, 2.05) is 0 Å². The van der Waals surface area contributed by atoms with Gasteiger partial charge in [0.25, 0.3) is 5.91 Å². The lowest BCUT2D eigenvalue weighted by atomic mass is 10.2. The van der Waals surface area contributed by atoms with Crippen LogP contribution in [-0.2, 0) is 9.63 Å². The predicted octanol–water partition coefficient (Wildman–Crippen LogP) is -0.650. The van der Waals surface area contributed by atoms with Crippen LogP contribution in [0.25, 0.3) is 0 Å². The molecule has 0 radical (unpaired) electrons. The van der Waals surface area contributed by atoms with Crippen molar-refractivity contribution in [3.8, 4) is 0 Å². The number of carbonyl (C=O) groups is 1. The molecule has 1 amide bonds. The van der Waals surface area contributed by atoms with Crippen LogP contribution in [0, 0.1) is 5.92 Å². The molecule has 1 aliphatic heterocycles. The highest BCUT2D eigenvalue weighted by Crippen LogP contribution is 1.94. The van der Waals surface area contributed by atoms with Gasteiger partial charge in [-0.05, 0) is 0 Å². The fourth-order valence-electron chi connectivity index (χ4n) is 0.556. The number of oxime groups is 1. The van der Waals surface area contributed by atoms with Gasteiger partial charge in [0.15, 0.2) is 0 Å². The third-order valence-electron chi connectivity index (χ3n) is 1.04. The van der Waals surface area contributed by atoms with Gasteiger partial charge in [0, 0.05) is 6.21 Å². The van der Waals surface area contributed by atoms with E-state index < -0.39 is 0 Å². The lowest BCUT2D eigenvalue weighted by Gasteiger charge is -1.92. The van der Waals surface area contributed by atoms with Crippen LogP contribution in [0.5, 0.6) is 0 Å². The van der Waals surface area contributed by atoms with Crippen molar-refractivity contribution in [3.05, 3.63) is 0 Å². The SMILES string of the molecule is CO/N=C\[C@@H]1C=NNC1=O. The van der Waals surface area contributed by atoms with Crippen molar-refractivity contribution in [2.75, 3.05) is 7.11 Å². The molecule has 5 heteroatoms. The van der Waals surface area contributed by atoms with Gasteiger partial charge in [-0.3, -0.25) is 4.79 Å². The molecule has 1 aliphatic rings. The monoisotopic (exact) mass is 141 g/mol. The maximum absolute atomic E-state index is 10.7. The smallest absolute Gasteiger partial charge is 0.254 e. The summed E-state index contributed by atoms with van der Waals surface area (Å²) < 4.78 is 0. The van der Waals surface area contributed by atoms with E-state index in [1.54, 1.807) is 0 Å². The second-order valence-corrected chi connectivity index (χ2v) is 1.72. The Morgan fingerprint density at radius 1 is 2.00 bits per heavy atom. The van der Waals surface area contributed by atoms with E-state index in [9.17, 15) is 4.79 Å². The summed E-state index contributed by atoms with van der Waals surface area (Å²) in [4.78, 5) is 15.1. The van der Waals surface area contributed by atoms with Crippen LogP contribution in [0.15, 0.2) is 10.3 Å². The summed E-state index contributed by atoms with van der Waals surface area (Å²) >= 11 is 0. The van der Waals surface area contributed by atoms with Crippen LogP contribution in [0.3, 0.4) is 0 Å². The minimum absolute atomic E-state index is 0.180. The summed E-state index contributed by atoms with van der Waals surface area (Å²) in [6.45, 7) is 0. The third kappa shape index (κ3) is 1.31. The number of rotatable bonds is 2. The van der Waals surface area contributed by atoms with Crippen LogP contribution in [0.1, 0.15) is 0 Å². The molecule has 1 N–H and O–H groups in total. The molecule has 1 rings (SSSR count). The van der Waals surface area contributed by atoms with E-state index in [4.69, 9.17) is 0 Å². The van der Waals surface area contributed by atoms with Gasteiger partial charge in [-0.1, -0.05) is 5.16 Å². The minimum Gasteiger partial charge on any atom is -0.399 e. The van der Waals surface area contributed by atoms with Crippen molar-refractivity contribution in [3.63, 3.8) is 0 Å². The largest absolute Gasteiger partial charge is 0.399 e. The van der Waals surface area contributed by atoms with E-state index in [1.165, 1.54) is 19.5 Å². The van der Waals surface area contributed by atoms with Crippen LogP contribution in [-0.4, -0.2) is 25.4 Å². The molecule has 0 saturated carbocycles. The normalized spacial score (nSPS) is 23.7. The van der Waals surface area contributed by atoms with Crippen molar-refractivity contribution in [2.24, 2.45) is 16.2 Å². The quantitative estimate of drug-likeness (QED) is 0.410. The summed E-state index contributed by atoms with van der Waals surface area (Å²) in [7, 11) is 1.42. The molecule has 0 aromatic carbocycles. The summed E-state index contributed by atoms with van der Waals surface area (Å²) in [5.74, 6) is -0.555. The first-order chi connectivity index (χ1) is 4.84. The van der Waals surface area contributed by atoms with Gasteiger partial charge >= 0.3 is 0 Å². The zero-order valence-electron chi connectivity index (χ0n) is 5.44. The number of carbonyl (C=O) groups excluding carboxylic acids is 1. The second kappa shape index (κ2) is 2.95. The van der Waals surface area contributed by atoms with Gasteiger partial charge in [0.1, 0.15) is 13.0 Å². The lowest BCUT2D eigenvalue weighted by Crippen LogP contribution is -2.20. The summed E-state index contributed by atoms with van der Waals surface area (Å²) in [5, 5.41) is 6.95. The van der Waals surface area contributed by atoms with Gasteiger partial charge < -0.3 is 4.84 Å². The number of hydrazone groups is 1. The predicted molar refractivity (Wildman–Crippen MR) is 35.6 cm³/mol. The highest BCUT2D eigenvalue weighted by atomic mass is 16.6. The van der Waals surface area contributed by atoms with Crippen LogP contribution >= 0.6 is 0 Å². The number of hydrogen-bond acceptors (Lipinski definition) is 4. The van der Waals surface area contributed by atoms with Crippen LogP contribution in [0.2, 0.25) is 0 Å². The Balaban J connectivity index is 2.48. The standard InChI is InChI=1S/C5H7N3O2/c1-10-7-3-4-2-6-8-5(4)9/h2-4H,1H3,(H,8,9)/b7-3-/t4-/m0/s1. The van der Waals surface area contributed by atoms with Crippen LogP contribution in [0.4, 0.5) is 0 Å². The number of nitrogens with one attached hydrogen (secondary N) is 1. The molecule has 5 nitrogen and oxygen atoms in total. The Hall–Kier alpha value is -1.39. The molecule has 0 fully saturated rings. The molecule has 1 atom stereocenters. The molecule has 1 heterocycles. The molecule has 0 saturated heterocycles. The van der Waals surface area contributed by atoms with Gasteiger partial charge in [-0.2, -0.15) is 5.10 Å². The molecule has 0 bridgehead atoms. The van der Waals surface area contributed by atoms with Crippen molar-refractivity contribution in [2.45, 2.75) is 0 Å². The first-order valence-corrected chi connectivity index (χ1v) is 2.74. The number of hydrogen-bond donors (Lipinski definition) is 1. The van der Waals surface area contributed by atoms with Crippen molar-refractivity contribution in [1.82, 2.24) is 5.43 Å². The van der Waals surface area contributed by atoms with E-state index >= 15 is 0 Å². The van der Waals surface area contributed by atoms with Crippen molar-refractivity contribution < 1.29 is 9.63 Å². The zero-order chi connectivity index (χ0) is 7.40. The van der Waals surface area contributed by atoms with Crippen molar-refractivity contribution >= 4 is 18.3 Å². The van der Waals surface area contributed by atoms with Crippen molar-refractivity contribution in [1.29, 1.82) is 0 Å². The molecule has 0 aliphatic carbocycles. The maximum Gasteiger partial charge on any atom is 0.254 e. The Kier molecular flexibility index (Phi) is 1.99. The lowest BCUT2D eigenvalue weighted by molar-refractivity contribution is -0.120. The topological polar surface area (TPSA) is 63.1 Å². The molecule has 54 valence electrons. The number of nitrogens with zero attached hydrogens (tertiary/aromatic N) is 2. The van der Waals surface area contributed by atoms with E-state index in [2.05, 4.69) is 20.5 Å². The molecule has 0 aromatic heterocycles. The Morgan fingerprint density at radius 2 is 2.80 bits per heavy atom. The summed E-state index contributed by atoms with van der Waals surface area (Å²) in [5.41, 5.74) is 2.26. The van der Waals surface area contributed by atoms with E-state index in [-0.39, 0.29) is 11.8 Å². The average molecular weight is 141 g/mol. The summed E-state index contributed by atoms with van der Waals surface area (Å²) in [6, 6.07) is 0. The molecule has 0 spiro atoms. The van der Waals surface area contributed by atoms with Gasteiger partial charge in [-0.25, -0.2) is 5.43 Å². The van der Waals surface area contributed by atoms with Gasteiger partial charge in [0.2, 0.25) is 0 Å². The summed E-state index contributed by atoms with van der Waals surface area (Å²) in [6.07, 6.45) is 2.84. The van der Waals surface area contributed by atoms with Gasteiger partial charge in [-0.15, -0.1) is 0 Å². The molecular formula is C5H7N3O2. The Labute approximate surface area is 57.7 Å². The highest BCUT2D eigenvalue weighted by molar-refractivity contribution is 6.10. The molecular weight excluding hydrogens is 134 g/mol. The van der Waals surface area contributed by atoms with Gasteiger partial charge in [0.05, 0.1) is 6.21 Å². The number of amides is 1. The van der Waals surface area contributed by atoms with Crippen LogP contribution < -0.4 is 5.43 Å². The fraction of sp³-hybridized carbons (Fsp3) is 0.400. The first-order valence-electron chi connectivity index (χ1n) is 2.74. The average Bonchev–Trinajstić information content (AvgIpc) is 2.31. The highest BCUT2D eigenvalue weighted by Gasteiger charge is 2.17. The Morgan fingerprint density at radius 3 is 3.30 bits per heavy atom. The second-order valence-electron chi connectivity index (χ2n) is 1.72. The minimum atomic E-state index is -0.375.